The standard InChI is InChI=1S/C21H26N4O/c22-24-20-23-18-16-10-4-1-7-14(16)13-21(11-5-6-12-21)17(18)19(26)25(20)15-8-2-3-9-15/h1,4,7,10,15H,2-3,5-6,8-9,11-13,22H2,(H,23,24). The van der Waals surface area contributed by atoms with Gasteiger partial charge in [0.05, 0.1) is 11.3 Å². The van der Waals surface area contributed by atoms with E-state index in [1.54, 1.807) is 0 Å². The van der Waals surface area contributed by atoms with E-state index in [1.165, 1.54) is 31.2 Å². The third-order valence-electron chi connectivity index (χ3n) is 6.83. The lowest BCUT2D eigenvalue weighted by molar-refractivity contribution is 0.412. The van der Waals surface area contributed by atoms with Crippen molar-refractivity contribution in [2.24, 2.45) is 5.84 Å². The van der Waals surface area contributed by atoms with Crippen LogP contribution in [-0.2, 0) is 11.8 Å². The first-order valence-corrected chi connectivity index (χ1v) is 9.95. The first kappa shape index (κ1) is 16.1. The molecule has 136 valence electrons. The predicted octanol–water partition coefficient (Wildman–Crippen LogP) is 3.68. The van der Waals surface area contributed by atoms with Crippen molar-refractivity contribution in [1.29, 1.82) is 0 Å². The number of rotatable bonds is 2. The number of nitrogen functional groups attached to an aromatic ring is 1. The molecule has 0 aliphatic heterocycles. The van der Waals surface area contributed by atoms with E-state index >= 15 is 0 Å². The molecule has 0 radical (unpaired) electrons. The Labute approximate surface area is 153 Å². The van der Waals surface area contributed by atoms with Gasteiger partial charge in [-0.05, 0) is 37.7 Å². The molecule has 1 aromatic carbocycles. The number of fused-ring (bicyclic) bond motifs is 4. The van der Waals surface area contributed by atoms with Crippen LogP contribution < -0.4 is 16.8 Å². The first-order valence-electron chi connectivity index (χ1n) is 9.95. The number of hydrogen-bond acceptors (Lipinski definition) is 4. The summed E-state index contributed by atoms with van der Waals surface area (Å²) in [5.74, 6) is 6.33. The van der Waals surface area contributed by atoms with Crippen molar-refractivity contribution in [2.75, 3.05) is 5.43 Å². The Bertz CT molecular complexity index is 905. The summed E-state index contributed by atoms with van der Waals surface area (Å²) in [6, 6.07) is 8.64. The maximum absolute atomic E-state index is 13.8. The average molecular weight is 350 g/mol. The molecule has 5 rings (SSSR count). The van der Waals surface area contributed by atoms with Gasteiger partial charge in [-0.2, -0.15) is 0 Å². The molecule has 0 amide bonds. The van der Waals surface area contributed by atoms with E-state index in [0.717, 1.165) is 48.9 Å². The van der Waals surface area contributed by atoms with Crippen LogP contribution in [-0.4, -0.2) is 9.55 Å². The van der Waals surface area contributed by atoms with Crippen molar-refractivity contribution in [3.63, 3.8) is 0 Å². The number of aromatic nitrogens is 2. The number of nitrogens with one attached hydrogen (secondary N) is 1. The van der Waals surface area contributed by atoms with Crippen molar-refractivity contribution in [2.45, 2.75) is 69.2 Å². The highest BCUT2D eigenvalue weighted by Crippen LogP contribution is 2.50. The molecular weight excluding hydrogens is 324 g/mol. The van der Waals surface area contributed by atoms with Crippen LogP contribution in [0.5, 0.6) is 0 Å². The zero-order valence-corrected chi connectivity index (χ0v) is 15.1. The Hall–Kier alpha value is -2.14. The van der Waals surface area contributed by atoms with Crippen LogP contribution in [0.1, 0.15) is 68.5 Å². The van der Waals surface area contributed by atoms with Crippen molar-refractivity contribution >= 4 is 5.95 Å². The lowest BCUT2D eigenvalue weighted by Gasteiger charge is -2.37. The monoisotopic (exact) mass is 350 g/mol. The smallest absolute Gasteiger partial charge is 0.259 e. The van der Waals surface area contributed by atoms with Gasteiger partial charge >= 0.3 is 0 Å². The minimum Gasteiger partial charge on any atom is -0.294 e. The van der Waals surface area contributed by atoms with Crippen LogP contribution in [0.3, 0.4) is 0 Å². The number of nitrogens with zero attached hydrogens (tertiary/aromatic N) is 2. The molecule has 5 heteroatoms. The van der Waals surface area contributed by atoms with Crippen LogP contribution >= 0.6 is 0 Å². The Kier molecular flexibility index (Phi) is 3.67. The van der Waals surface area contributed by atoms with Gasteiger partial charge in [0.1, 0.15) is 0 Å². The van der Waals surface area contributed by atoms with Crippen molar-refractivity contribution < 1.29 is 0 Å². The van der Waals surface area contributed by atoms with Gasteiger partial charge in [-0.1, -0.05) is 49.9 Å². The number of benzene rings is 1. The number of anilines is 1. The number of hydrogen-bond donors (Lipinski definition) is 2. The van der Waals surface area contributed by atoms with Crippen molar-refractivity contribution in [3.05, 3.63) is 45.7 Å². The van der Waals surface area contributed by atoms with Crippen LogP contribution in [0.15, 0.2) is 29.1 Å². The summed E-state index contributed by atoms with van der Waals surface area (Å²) in [6.07, 6.45) is 9.96. The fraction of sp³-hybridized carbons (Fsp3) is 0.524. The van der Waals surface area contributed by atoms with E-state index in [-0.39, 0.29) is 17.0 Å². The molecule has 2 saturated carbocycles. The molecule has 26 heavy (non-hydrogen) atoms. The molecule has 1 heterocycles. The molecule has 2 fully saturated rings. The molecule has 3 aliphatic rings. The van der Waals surface area contributed by atoms with Gasteiger partial charge in [-0.15, -0.1) is 0 Å². The summed E-state index contributed by atoms with van der Waals surface area (Å²) in [7, 11) is 0. The SMILES string of the molecule is NNc1nc2c(c(=O)n1C1CCCC1)C1(CCCC1)Cc1ccccc1-2. The number of nitrogens with two attached hydrogens (primary N) is 1. The third-order valence-corrected chi connectivity index (χ3v) is 6.83. The first-order chi connectivity index (χ1) is 12.7. The Balaban J connectivity index is 1.82. The zero-order chi connectivity index (χ0) is 17.7. The van der Waals surface area contributed by atoms with Gasteiger partial charge in [0, 0.05) is 17.0 Å². The topological polar surface area (TPSA) is 72.9 Å². The van der Waals surface area contributed by atoms with E-state index in [9.17, 15) is 4.79 Å². The molecule has 1 aromatic heterocycles. The van der Waals surface area contributed by atoms with Gasteiger partial charge in [0.2, 0.25) is 5.95 Å². The maximum atomic E-state index is 13.8. The minimum absolute atomic E-state index is 0.0404. The second-order valence-electron chi connectivity index (χ2n) is 8.24. The Morgan fingerprint density at radius 2 is 1.85 bits per heavy atom. The summed E-state index contributed by atoms with van der Waals surface area (Å²) in [6.45, 7) is 0. The Morgan fingerprint density at radius 1 is 1.12 bits per heavy atom. The normalized spacial score (nSPS) is 21.0. The molecule has 0 bridgehead atoms. The molecule has 1 spiro atoms. The van der Waals surface area contributed by atoms with E-state index in [2.05, 4.69) is 23.6 Å². The molecule has 3 aliphatic carbocycles. The van der Waals surface area contributed by atoms with E-state index in [4.69, 9.17) is 10.8 Å². The average Bonchev–Trinajstić information content (AvgIpc) is 3.34. The van der Waals surface area contributed by atoms with Crippen LogP contribution in [0, 0.1) is 0 Å². The van der Waals surface area contributed by atoms with Gasteiger partial charge in [0.25, 0.3) is 5.56 Å². The molecule has 3 N–H and O–H groups in total. The molecule has 2 aromatic rings. The molecule has 0 saturated heterocycles. The van der Waals surface area contributed by atoms with E-state index < -0.39 is 0 Å². The fourth-order valence-corrected chi connectivity index (χ4v) is 5.65. The molecule has 5 nitrogen and oxygen atoms in total. The minimum atomic E-state index is -0.0404. The highest BCUT2D eigenvalue weighted by Gasteiger charge is 2.45. The van der Waals surface area contributed by atoms with Gasteiger partial charge in [0.15, 0.2) is 0 Å². The Morgan fingerprint density at radius 3 is 2.58 bits per heavy atom. The highest BCUT2D eigenvalue weighted by atomic mass is 16.1. The largest absolute Gasteiger partial charge is 0.294 e. The lowest BCUT2D eigenvalue weighted by Crippen LogP contribution is -2.41. The molecular formula is C21H26N4O. The third kappa shape index (κ3) is 2.19. The maximum Gasteiger partial charge on any atom is 0.259 e. The van der Waals surface area contributed by atoms with Crippen molar-refractivity contribution in [3.8, 4) is 11.3 Å². The quantitative estimate of drug-likeness (QED) is 0.640. The zero-order valence-electron chi connectivity index (χ0n) is 15.1. The van der Waals surface area contributed by atoms with Gasteiger partial charge in [-0.25, -0.2) is 10.8 Å². The number of hydrazine groups is 1. The summed E-state index contributed by atoms with van der Waals surface area (Å²) >= 11 is 0. The van der Waals surface area contributed by atoms with Crippen molar-refractivity contribution in [1.82, 2.24) is 9.55 Å². The molecule has 0 unspecified atom stereocenters. The summed E-state index contributed by atoms with van der Waals surface area (Å²) < 4.78 is 1.87. The van der Waals surface area contributed by atoms with E-state index in [1.807, 2.05) is 10.6 Å². The van der Waals surface area contributed by atoms with Gasteiger partial charge < -0.3 is 0 Å². The lowest BCUT2D eigenvalue weighted by atomic mass is 9.68. The highest BCUT2D eigenvalue weighted by molar-refractivity contribution is 5.72. The van der Waals surface area contributed by atoms with Crippen LogP contribution in [0.2, 0.25) is 0 Å². The fourth-order valence-electron chi connectivity index (χ4n) is 5.65. The van der Waals surface area contributed by atoms with Crippen LogP contribution in [0.4, 0.5) is 5.95 Å². The van der Waals surface area contributed by atoms with Crippen LogP contribution in [0.25, 0.3) is 11.3 Å². The summed E-state index contributed by atoms with van der Waals surface area (Å²) in [4.78, 5) is 18.7. The summed E-state index contributed by atoms with van der Waals surface area (Å²) in [5.41, 5.74) is 7.07. The van der Waals surface area contributed by atoms with E-state index in [0.29, 0.717) is 5.95 Å². The summed E-state index contributed by atoms with van der Waals surface area (Å²) in [5, 5.41) is 0. The second-order valence-corrected chi connectivity index (χ2v) is 8.24. The molecule has 0 atom stereocenters. The van der Waals surface area contributed by atoms with Gasteiger partial charge in [-0.3, -0.25) is 14.8 Å². The second kappa shape index (κ2) is 5.95. The predicted molar refractivity (Wildman–Crippen MR) is 103 cm³/mol.